The minimum Gasteiger partial charge on any atom is -0.343 e. The van der Waals surface area contributed by atoms with Crippen molar-refractivity contribution in [3.63, 3.8) is 0 Å². The summed E-state index contributed by atoms with van der Waals surface area (Å²) >= 11 is 0. The molecule has 1 saturated heterocycles. The fraction of sp³-hybridized carbons (Fsp3) is 0.417. The van der Waals surface area contributed by atoms with E-state index in [4.69, 9.17) is 0 Å². The van der Waals surface area contributed by atoms with Gasteiger partial charge in [-0.1, -0.05) is 91.0 Å². The van der Waals surface area contributed by atoms with Crippen molar-refractivity contribution in [2.45, 2.75) is 70.0 Å². The lowest BCUT2D eigenvalue weighted by Crippen LogP contribution is -2.53. The van der Waals surface area contributed by atoms with Crippen LogP contribution in [0.25, 0.3) is 0 Å². The number of hydrogen-bond acceptors (Lipinski definition) is 4. The van der Waals surface area contributed by atoms with Gasteiger partial charge in [0.1, 0.15) is 6.04 Å². The maximum absolute atomic E-state index is 14.0. The van der Waals surface area contributed by atoms with Gasteiger partial charge in [-0.15, -0.1) is 0 Å². The number of nitrogens with zero attached hydrogens (tertiary/aromatic N) is 2. The molecule has 1 heterocycles. The number of benzene rings is 3. The zero-order chi connectivity index (χ0) is 30.4. The Bertz CT molecular complexity index is 1290. The average Bonchev–Trinajstić information content (AvgIpc) is 3.52. The number of likely N-dealkylation sites (tertiary alicyclic amines) is 1. The average molecular weight is 583 g/mol. The Morgan fingerprint density at radius 3 is 2.02 bits per heavy atom. The van der Waals surface area contributed by atoms with Crippen LogP contribution in [0.1, 0.15) is 49.3 Å². The topological polar surface area (TPSA) is 81.8 Å². The summed E-state index contributed by atoms with van der Waals surface area (Å²) in [6.45, 7) is 3.69. The standard InChI is InChI=1S/C36H46N4O3/c1-28(37-2)35(42)38-33(21-20-29-13-6-3-7-14-29)36(43)40-24-12-19-32(40)23-26-39(25-22-30-15-8-4-9-16-30)34(41)27-31-17-10-5-11-18-31/h3-11,13-18,28,32-33,37H,12,19-27H2,1-2H3,(H,38,42)/t28-,32-,33-/m0/s1. The molecule has 7 nitrogen and oxygen atoms in total. The van der Waals surface area contributed by atoms with Crippen molar-refractivity contribution >= 4 is 17.7 Å². The van der Waals surface area contributed by atoms with Gasteiger partial charge in [-0.3, -0.25) is 14.4 Å². The van der Waals surface area contributed by atoms with Gasteiger partial charge >= 0.3 is 0 Å². The third-order valence-corrected chi connectivity index (χ3v) is 8.46. The molecule has 1 fully saturated rings. The highest BCUT2D eigenvalue weighted by Gasteiger charge is 2.34. The molecule has 0 saturated carbocycles. The van der Waals surface area contributed by atoms with Gasteiger partial charge in [-0.2, -0.15) is 0 Å². The number of hydrogen-bond donors (Lipinski definition) is 2. The summed E-state index contributed by atoms with van der Waals surface area (Å²) in [5, 5.41) is 6.00. The Morgan fingerprint density at radius 1 is 0.837 bits per heavy atom. The monoisotopic (exact) mass is 582 g/mol. The number of amides is 3. The second-order valence-corrected chi connectivity index (χ2v) is 11.5. The van der Waals surface area contributed by atoms with Crippen molar-refractivity contribution in [1.29, 1.82) is 0 Å². The van der Waals surface area contributed by atoms with Crippen LogP contribution in [-0.2, 0) is 33.6 Å². The van der Waals surface area contributed by atoms with E-state index >= 15 is 0 Å². The normalized spacial score (nSPS) is 16.0. The van der Waals surface area contributed by atoms with Crippen LogP contribution in [0.15, 0.2) is 91.0 Å². The molecule has 0 radical (unpaired) electrons. The van der Waals surface area contributed by atoms with Crippen molar-refractivity contribution < 1.29 is 14.4 Å². The highest BCUT2D eigenvalue weighted by atomic mass is 16.2. The number of carbonyl (C=O) groups excluding carboxylic acids is 3. The molecule has 0 unspecified atom stereocenters. The summed E-state index contributed by atoms with van der Waals surface area (Å²) in [4.78, 5) is 44.2. The van der Waals surface area contributed by atoms with Crippen molar-refractivity contribution in [3.05, 3.63) is 108 Å². The molecule has 3 atom stereocenters. The summed E-state index contributed by atoms with van der Waals surface area (Å²) in [6.07, 6.45) is 4.92. The highest BCUT2D eigenvalue weighted by Crippen LogP contribution is 2.23. The van der Waals surface area contributed by atoms with Gasteiger partial charge in [0.05, 0.1) is 12.5 Å². The fourth-order valence-corrected chi connectivity index (χ4v) is 5.72. The van der Waals surface area contributed by atoms with E-state index in [9.17, 15) is 14.4 Å². The molecule has 3 amide bonds. The van der Waals surface area contributed by atoms with E-state index in [2.05, 4.69) is 34.9 Å². The quantitative estimate of drug-likeness (QED) is 0.278. The third kappa shape index (κ3) is 9.79. The molecule has 4 rings (SSSR count). The smallest absolute Gasteiger partial charge is 0.245 e. The van der Waals surface area contributed by atoms with Crippen LogP contribution >= 0.6 is 0 Å². The Balaban J connectivity index is 1.43. The largest absolute Gasteiger partial charge is 0.343 e. The summed E-state index contributed by atoms with van der Waals surface area (Å²) < 4.78 is 0. The molecular weight excluding hydrogens is 536 g/mol. The van der Waals surface area contributed by atoms with Crippen molar-refractivity contribution in [3.8, 4) is 0 Å². The van der Waals surface area contributed by atoms with Gasteiger partial charge in [0, 0.05) is 25.7 Å². The molecule has 1 aliphatic rings. The predicted molar refractivity (Wildman–Crippen MR) is 171 cm³/mol. The summed E-state index contributed by atoms with van der Waals surface area (Å²) in [5.74, 6) is -0.100. The van der Waals surface area contributed by atoms with Crippen molar-refractivity contribution in [2.24, 2.45) is 0 Å². The predicted octanol–water partition coefficient (Wildman–Crippen LogP) is 4.41. The summed E-state index contributed by atoms with van der Waals surface area (Å²) in [7, 11) is 1.74. The van der Waals surface area contributed by atoms with E-state index in [-0.39, 0.29) is 23.8 Å². The minimum atomic E-state index is -0.599. The van der Waals surface area contributed by atoms with Crippen LogP contribution in [0.2, 0.25) is 0 Å². The van der Waals surface area contributed by atoms with Gasteiger partial charge < -0.3 is 20.4 Å². The molecule has 0 spiro atoms. The second-order valence-electron chi connectivity index (χ2n) is 11.5. The number of carbonyl (C=O) groups is 3. The number of nitrogens with one attached hydrogen (secondary N) is 2. The van der Waals surface area contributed by atoms with Crippen LogP contribution in [0.4, 0.5) is 0 Å². The van der Waals surface area contributed by atoms with Crippen LogP contribution < -0.4 is 10.6 Å². The Labute approximate surface area is 256 Å². The molecule has 3 aromatic rings. The molecule has 0 aliphatic carbocycles. The number of likely N-dealkylation sites (N-methyl/N-ethyl adjacent to an activating group) is 1. The molecule has 3 aromatic carbocycles. The summed E-state index contributed by atoms with van der Waals surface area (Å²) in [6, 6.07) is 29.2. The Morgan fingerprint density at radius 2 is 1.42 bits per heavy atom. The lowest BCUT2D eigenvalue weighted by molar-refractivity contribution is -0.138. The van der Waals surface area contributed by atoms with Crippen LogP contribution in [-0.4, -0.2) is 72.3 Å². The zero-order valence-corrected chi connectivity index (χ0v) is 25.6. The van der Waals surface area contributed by atoms with Gasteiger partial charge in [-0.25, -0.2) is 0 Å². The van der Waals surface area contributed by atoms with Crippen molar-refractivity contribution in [2.75, 3.05) is 26.7 Å². The van der Waals surface area contributed by atoms with Gasteiger partial charge in [0.15, 0.2) is 0 Å². The molecule has 7 heteroatoms. The van der Waals surface area contributed by atoms with E-state index in [0.717, 1.165) is 30.4 Å². The maximum Gasteiger partial charge on any atom is 0.245 e. The minimum absolute atomic E-state index is 0.0264. The molecule has 43 heavy (non-hydrogen) atoms. The van der Waals surface area contributed by atoms with Gasteiger partial charge in [-0.05, 0) is 69.2 Å². The van der Waals surface area contributed by atoms with E-state index in [1.807, 2.05) is 76.5 Å². The lowest BCUT2D eigenvalue weighted by atomic mass is 10.0. The fourth-order valence-electron chi connectivity index (χ4n) is 5.72. The molecule has 2 N–H and O–H groups in total. The van der Waals surface area contributed by atoms with E-state index in [0.29, 0.717) is 45.3 Å². The van der Waals surface area contributed by atoms with Gasteiger partial charge in [0.2, 0.25) is 17.7 Å². The van der Waals surface area contributed by atoms with Crippen LogP contribution in [0.5, 0.6) is 0 Å². The highest BCUT2D eigenvalue weighted by molar-refractivity contribution is 5.90. The molecule has 228 valence electrons. The second kappa shape index (κ2) is 16.6. The molecule has 1 aliphatic heterocycles. The lowest BCUT2D eigenvalue weighted by Gasteiger charge is -2.32. The summed E-state index contributed by atoms with van der Waals surface area (Å²) in [5.41, 5.74) is 3.34. The van der Waals surface area contributed by atoms with Crippen molar-refractivity contribution in [1.82, 2.24) is 20.4 Å². The molecule has 0 aromatic heterocycles. The Hall–Kier alpha value is -3.97. The third-order valence-electron chi connectivity index (χ3n) is 8.46. The van der Waals surface area contributed by atoms with E-state index in [1.54, 1.807) is 14.0 Å². The maximum atomic E-state index is 14.0. The number of rotatable bonds is 15. The zero-order valence-electron chi connectivity index (χ0n) is 25.6. The Kier molecular flexibility index (Phi) is 12.3. The first-order chi connectivity index (χ1) is 20.9. The molecular formula is C36H46N4O3. The number of aryl methyl sites for hydroxylation is 1. The first-order valence-corrected chi connectivity index (χ1v) is 15.6. The van der Waals surface area contributed by atoms with E-state index in [1.165, 1.54) is 5.56 Å². The van der Waals surface area contributed by atoms with Crippen LogP contribution in [0.3, 0.4) is 0 Å². The van der Waals surface area contributed by atoms with Crippen LogP contribution in [0, 0.1) is 0 Å². The SMILES string of the molecule is CN[C@@H](C)C(=O)N[C@@H](CCc1ccccc1)C(=O)N1CCC[C@H]1CCN(CCc1ccccc1)C(=O)Cc1ccccc1. The first kappa shape index (κ1) is 32.0. The first-order valence-electron chi connectivity index (χ1n) is 15.6. The molecule has 0 bridgehead atoms. The van der Waals surface area contributed by atoms with Gasteiger partial charge in [0.25, 0.3) is 0 Å². The van der Waals surface area contributed by atoms with E-state index < -0.39 is 12.1 Å².